The van der Waals surface area contributed by atoms with Crippen LogP contribution in [0.25, 0.3) is 0 Å². The largest absolute Gasteiger partial charge is 0.292 e. The highest BCUT2D eigenvalue weighted by Crippen LogP contribution is 1.97. The summed E-state index contributed by atoms with van der Waals surface area (Å²) < 4.78 is 0. The van der Waals surface area contributed by atoms with E-state index in [-0.39, 0.29) is 0 Å². The maximum absolute atomic E-state index is 8.08. The molecule has 0 aromatic heterocycles. The molecule has 4 nitrogen and oxygen atoms in total. The molecule has 0 aliphatic heterocycles. The molecular weight excluding hydrogens is 136 g/mol. The highest BCUT2D eigenvalue weighted by atomic mass is 32.2. The first-order chi connectivity index (χ1) is 4.22. The summed E-state index contributed by atoms with van der Waals surface area (Å²) in [7, 11) is 1.63. The van der Waals surface area contributed by atoms with E-state index < -0.39 is 0 Å². The maximum Gasteiger partial charge on any atom is 0.208 e. The molecular formula is C4H8N4S. The summed E-state index contributed by atoms with van der Waals surface area (Å²) in [5.41, 5.74) is 0. The molecule has 0 radical (unpaired) electrons. The fraction of sp³-hybridized carbons (Fsp3) is 0.500. The molecule has 0 saturated heterocycles. The van der Waals surface area contributed by atoms with Gasteiger partial charge in [0.2, 0.25) is 6.19 Å². The lowest BCUT2D eigenvalue weighted by molar-refractivity contribution is 0.551. The molecule has 0 bridgehead atoms. The van der Waals surface area contributed by atoms with Crippen molar-refractivity contribution < 1.29 is 0 Å². The van der Waals surface area contributed by atoms with Crippen molar-refractivity contribution in [3.05, 3.63) is 0 Å². The van der Waals surface area contributed by atoms with Crippen LogP contribution in [0.1, 0.15) is 0 Å². The third kappa shape index (κ3) is 2.95. The Balaban J connectivity index is 4.02. The van der Waals surface area contributed by atoms with Crippen molar-refractivity contribution in [3.8, 4) is 6.19 Å². The Kier molecular flexibility index (Phi) is 3.84. The van der Waals surface area contributed by atoms with Crippen molar-refractivity contribution in [1.29, 1.82) is 5.26 Å². The molecule has 0 heterocycles. The number of nitrogens with zero attached hydrogens (tertiary/aromatic N) is 3. The van der Waals surface area contributed by atoms with Crippen molar-refractivity contribution in [1.82, 2.24) is 5.01 Å². The van der Waals surface area contributed by atoms with Crippen LogP contribution in [0.5, 0.6) is 0 Å². The van der Waals surface area contributed by atoms with Crippen LogP contribution in [0.2, 0.25) is 0 Å². The molecule has 0 rings (SSSR count). The Bertz CT molecular complexity index is 145. The fourth-order valence-electron chi connectivity index (χ4n) is 0.311. The van der Waals surface area contributed by atoms with Crippen molar-refractivity contribution in [2.45, 2.75) is 0 Å². The predicted molar refractivity (Wildman–Crippen MR) is 38.5 cm³/mol. The van der Waals surface area contributed by atoms with Gasteiger partial charge < -0.3 is 0 Å². The van der Waals surface area contributed by atoms with Gasteiger partial charge in [0.05, 0.1) is 0 Å². The lowest BCUT2D eigenvalue weighted by atomic mass is 11.0. The Morgan fingerprint density at radius 1 is 1.89 bits per heavy atom. The summed E-state index contributed by atoms with van der Waals surface area (Å²) in [6.07, 6.45) is 3.45. The first kappa shape index (κ1) is 8.27. The first-order valence-corrected chi connectivity index (χ1v) is 3.44. The Labute approximate surface area is 58.3 Å². The van der Waals surface area contributed by atoms with Crippen LogP contribution in [0.4, 0.5) is 0 Å². The molecule has 0 saturated carbocycles. The van der Waals surface area contributed by atoms with Gasteiger partial charge in [-0.15, -0.1) is 4.99 Å². The van der Waals surface area contributed by atoms with E-state index in [1.54, 1.807) is 19.5 Å². The van der Waals surface area contributed by atoms with Gasteiger partial charge >= 0.3 is 0 Å². The van der Waals surface area contributed by atoms with E-state index in [2.05, 4.69) is 4.99 Å². The third-order valence-corrected chi connectivity index (χ3v) is 1.37. The quantitative estimate of drug-likeness (QED) is 0.171. The van der Waals surface area contributed by atoms with Crippen LogP contribution >= 0.6 is 11.8 Å². The van der Waals surface area contributed by atoms with Crippen molar-refractivity contribution >= 4 is 16.9 Å². The Morgan fingerprint density at radius 3 is 2.56 bits per heavy atom. The predicted octanol–water partition coefficient (Wildman–Crippen LogP) is -0.00802. The van der Waals surface area contributed by atoms with Gasteiger partial charge in [-0.3, -0.25) is 5.01 Å². The van der Waals surface area contributed by atoms with Gasteiger partial charge in [0.1, 0.15) is 0 Å². The summed E-state index contributed by atoms with van der Waals surface area (Å²) >= 11 is 1.33. The van der Waals surface area contributed by atoms with Crippen LogP contribution in [0, 0.1) is 11.5 Å². The monoisotopic (exact) mass is 144 g/mol. The standard InChI is InChI=1S/C4H8N4S/c1-8(6)4(9-2)7-3-5/h6H2,1-2H3. The molecule has 2 N–H and O–H groups in total. The smallest absolute Gasteiger partial charge is 0.208 e. The second-order valence-corrected chi connectivity index (χ2v) is 2.08. The molecule has 0 spiro atoms. The van der Waals surface area contributed by atoms with Crippen LogP contribution in [0.15, 0.2) is 4.99 Å². The summed E-state index contributed by atoms with van der Waals surface area (Å²) in [6.45, 7) is 0. The van der Waals surface area contributed by atoms with E-state index in [0.29, 0.717) is 5.17 Å². The number of hydrogen-bond acceptors (Lipinski definition) is 4. The van der Waals surface area contributed by atoms with Crippen molar-refractivity contribution in [3.63, 3.8) is 0 Å². The number of nitrogens with two attached hydrogens (primary N) is 1. The second kappa shape index (κ2) is 4.18. The van der Waals surface area contributed by atoms with E-state index in [9.17, 15) is 0 Å². The summed E-state index contributed by atoms with van der Waals surface area (Å²) in [5.74, 6) is 5.26. The fourth-order valence-corrected chi connectivity index (χ4v) is 0.731. The average Bonchev–Trinajstić information content (AvgIpc) is 1.82. The van der Waals surface area contributed by atoms with Gasteiger partial charge in [0.25, 0.3) is 0 Å². The number of aliphatic imine (C=N–C) groups is 1. The number of hydrogen-bond donors (Lipinski definition) is 1. The lowest BCUT2D eigenvalue weighted by Gasteiger charge is -2.09. The molecule has 5 heteroatoms. The number of amidine groups is 1. The number of rotatable bonds is 0. The third-order valence-electron chi connectivity index (χ3n) is 0.630. The zero-order chi connectivity index (χ0) is 7.28. The van der Waals surface area contributed by atoms with E-state index in [4.69, 9.17) is 11.1 Å². The molecule has 0 unspecified atom stereocenters. The van der Waals surface area contributed by atoms with Crippen molar-refractivity contribution in [2.24, 2.45) is 10.8 Å². The SMILES string of the molecule is CSC(=NC#N)N(C)N. The van der Waals surface area contributed by atoms with Gasteiger partial charge in [-0.1, -0.05) is 11.8 Å². The molecule has 0 amide bonds. The van der Waals surface area contributed by atoms with Crippen molar-refractivity contribution in [2.75, 3.05) is 13.3 Å². The Morgan fingerprint density at radius 2 is 2.44 bits per heavy atom. The summed E-state index contributed by atoms with van der Waals surface area (Å²) in [6, 6.07) is 0. The minimum Gasteiger partial charge on any atom is -0.292 e. The zero-order valence-electron chi connectivity index (χ0n) is 5.33. The highest BCUT2D eigenvalue weighted by molar-refractivity contribution is 8.13. The molecule has 50 valence electrons. The molecule has 0 aliphatic rings. The molecule has 0 aromatic carbocycles. The van der Waals surface area contributed by atoms with Gasteiger partial charge in [0.15, 0.2) is 5.17 Å². The second-order valence-electron chi connectivity index (χ2n) is 1.31. The van der Waals surface area contributed by atoms with E-state index in [1.165, 1.54) is 16.8 Å². The number of nitriles is 1. The minimum atomic E-state index is 0.512. The Hall–Kier alpha value is -0.730. The molecule has 9 heavy (non-hydrogen) atoms. The minimum absolute atomic E-state index is 0.512. The molecule has 0 aliphatic carbocycles. The number of hydrazine groups is 1. The van der Waals surface area contributed by atoms with E-state index in [0.717, 1.165) is 0 Å². The van der Waals surface area contributed by atoms with E-state index in [1.807, 2.05) is 0 Å². The summed E-state index contributed by atoms with van der Waals surface area (Å²) in [4.78, 5) is 3.43. The molecule has 0 atom stereocenters. The normalized spacial score (nSPS) is 10.7. The molecule has 0 aromatic rings. The first-order valence-electron chi connectivity index (χ1n) is 2.21. The van der Waals surface area contributed by atoms with Crippen LogP contribution in [-0.2, 0) is 0 Å². The number of thioether (sulfide) groups is 1. The van der Waals surface area contributed by atoms with Gasteiger partial charge in [-0.2, -0.15) is 5.26 Å². The lowest BCUT2D eigenvalue weighted by Crippen LogP contribution is -2.30. The van der Waals surface area contributed by atoms with Gasteiger partial charge in [-0.05, 0) is 6.26 Å². The summed E-state index contributed by atoms with van der Waals surface area (Å²) in [5, 5.41) is 9.89. The maximum atomic E-state index is 8.08. The average molecular weight is 144 g/mol. The van der Waals surface area contributed by atoms with E-state index >= 15 is 0 Å². The van der Waals surface area contributed by atoms with Crippen LogP contribution in [0.3, 0.4) is 0 Å². The highest BCUT2D eigenvalue weighted by Gasteiger charge is 1.96. The van der Waals surface area contributed by atoms with Gasteiger partial charge in [-0.25, -0.2) is 5.84 Å². The van der Waals surface area contributed by atoms with Crippen LogP contribution in [-0.4, -0.2) is 23.5 Å². The van der Waals surface area contributed by atoms with Crippen LogP contribution < -0.4 is 5.84 Å². The topological polar surface area (TPSA) is 65.4 Å². The van der Waals surface area contributed by atoms with Gasteiger partial charge in [0, 0.05) is 7.05 Å². The zero-order valence-corrected chi connectivity index (χ0v) is 6.14. The molecule has 0 fully saturated rings.